The molecule has 0 bridgehead atoms. The Hall–Kier alpha value is -3.18. The lowest BCUT2D eigenvalue weighted by Crippen LogP contribution is -2.44. The zero-order valence-electron chi connectivity index (χ0n) is 23.7. The van der Waals surface area contributed by atoms with E-state index in [9.17, 15) is 0 Å². The minimum absolute atomic E-state index is 0.0158. The third-order valence-corrected chi connectivity index (χ3v) is 8.14. The summed E-state index contributed by atoms with van der Waals surface area (Å²) in [5.41, 5.74) is 6.38. The molecule has 2 atom stereocenters. The third kappa shape index (κ3) is 7.51. The summed E-state index contributed by atoms with van der Waals surface area (Å²) in [5, 5.41) is 5.12. The van der Waals surface area contributed by atoms with Gasteiger partial charge >= 0.3 is 0 Å². The number of hydrogen-bond donors (Lipinski definition) is 2. The van der Waals surface area contributed by atoms with Gasteiger partial charge in [0, 0.05) is 65.8 Å². The molecule has 1 aliphatic rings. The van der Waals surface area contributed by atoms with Gasteiger partial charge in [0.15, 0.2) is 0 Å². The van der Waals surface area contributed by atoms with Crippen LogP contribution in [0.3, 0.4) is 0 Å². The monoisotopic (exact) mass is 556 g/mol. The van der Waals surface area contributed by atoms with Crippen molar-refractivity contribution in [2.24, 2.45) is 0 Å². The maximum atomic E-state index is 6.01. The minimum atomic E-state index is -0.0158. The van der Waals surface area contributed by atoms with Crippen molar-refractivity contribution in [1.29, 1.82) is 0 Å². The maximum absolute atomic E-state index is 6.01. The molecule has 6 nitrogen and oxygen atoms in total. The molecular weight excluding hydrogens is 515 g/mol. The second kappa shape index (κ2) is 13.0. The summed E-state index contributed by atoms with van der Waals surface area (Å²) in [6, 6.07) is 20.9. The number of rotatable bonds is 12. The van der Waals surface area contributed by atoms with Crippen molar-refractivity contribution < 1.29 is 9.47 Å². The minimum Gasteiger partial charge on any atom is -0.439 e. The van der Waals surface area contributed by atoms with Crippen LogP contribution in [0.2, 0.25) is 0 Å². The lowest BCUT2D eigenvalue weighted by Gasteiger charge is -2.30. The molecule has 40 heavy (non-hydrogen) atoms. The van der Waals surface area contributed by atoms with Crippen molar-refractivity contribution in [3.05, 3.63) is 96.3 Å². The fourth-order valence-corrected chi connectivity index (χ4v) is 5.50. The van der Waals surface area contributed by atoms with Crippen LogP contribution in [0, 0.1) is 0 Å². The predicted octanol–water partition coefficient (Wildman–Crippen LogP) is 6.45. The van der Waals surface area contributed by atoms with E-state index in [1.165, 1.54) is 22.0 Å². The van der Waals surface area contributed by atoms with Crippen LogP contribution in [0.15, 0.2) is 79.6 Å². The van der Waals surface area contributed by atoms with Crippen LogP contribution in [-0.4, -0.2) is 58.9 Å². The number of aryl methyl sites for hydroxylation is 1. The van der Waals surface area contributed by atoms with Crippen LogP contribution >= 0.6 is 9.24 Å². The SMILES string of the molecule is C=C(c1ccc(Oc2ccc(CC(C)(C)NCC(P)CCc3cccc4[nH]ccc34)cc2)nc1)N1CCOCC1. The van der Waals surface area contributed by atoms with Crippen LogP contribution in [0.1, 0.15) is 37.0 Å². The Kier molecular flexibility index (Phi) is 9.21. The van der Waals surface area contributed by atoms with E-state index in [0.29, 0.717) is 11.5 Å². The van der Waals surface area contributed by atoms with E-state index in [4.69, 9.17) is 9.47 Å². The average Bonchev–Trinajstić information content (AvgIpc) is 3.46. The van der Waals surface area contributed by atoms with E-state index >= 15 is 0 Å². The largest absolute Gasteiger partial charge is 0.439 e. The van der Waals surface area contributed by atoms with E-state index in [0.717, 1.165) is 69.1 Å². The molecule has 4 aromatic rings. The molecule has 7 heteroatoms. The highest BCUT2D eigenvalue weighted by Crippen LogP contribution is 2.25. The van der Waals surface area contributed by atoms with E-state index < -0.39 is 0 Å². The summed E-state index contributed by atoms with van der Waals surface area (Å²) in [5.74, 6) is 1.36. The first-order valence-electron chi connectivity index (χ1n) is 14.2. The second-order valence-corrected chi connectivity index (χ2v) is 12.2. The molecule has 0 amide bonds. The Morgan fingerprint density at radius 1 is 1.12 bits per heavy atom. The average molecular weight is 557 g/mol. The topological polar surface area (TPSA) is 62.4 Å². The molecule has 2 aromatic heterocycles. The number of nitrogens with zero attached hydrogens (tertiary/aromatic N) is 2. The molecule has 210 valence electrons. The fraction of sp³-hybridized carbons (Fsp3) is 0.364. The van der Waals surface area contributed by atoms with Gasteiger partial charge in [-0.3, -0.25) is 0 Å². The van der Waals surface area contributed by atoms with E-state index in [1.54, 1.807) is 0 Å². The maximum Gasteiger partial charge on any atom is 0.219 e. The molecule has 1 saturated heterocycles. The molecule has 0 radical (unpaired) electrons. The summed E-state index contributed by atoms with van der Waals surface area (Å²) in [4.78, 5) is 10.1. The summed E-state index contributed by atoms with van der Waals surface area (Å²) >= 11 is 0. The molecule has 0 spiro atoms. The van der Waals surface area contributed by atoms with Crippen molar-refractivity contribution in [3.63, 3.8) is 0 Å². The van der Waals surface area contributed by atoms with Crippen LogP contribution in [0.25, 0.3) is 16.6 Å². The summed E-state index contributed by atoms with van der Waals surface area (Å²) in [6.07, 6.45) is 6.99. The molecule has 1 aliphatic heterocycles. The van der Waals surface area contributed by atoms with Gasteiger partial charge in [0.05, 0.1) is 13.2 Å². The first kappa shape index (κ1) is 28.4. The Bertz CT molecular complexity index is 1390. The van der Waals surface area contributed by atoms with Gasteiger partial charge in [0.2, 0.25) is 5.88 Å². The molecule has 2 N–H and O–H groups in total. The van der Waals surface area contributed by atoms with Crippen molar-refractivity contribution in [2.75, 3.05) is 32.8 Å². The zero-order valence-corrected chi connectivity index (χ0v) is 24.8. The standard InChI is InChI=1S/C33H41N4O2P/c1-24(37-17-19-38-20-18-37)27-10-14-32(35-22-27)39-28-11-7-25(8-12-28)21-33(2,3)36-23-29(40)13-9-26-5-4-6-31-30(26)15-16-34-31/h4-8,10-12,14-16,22,29,34,36H,1,9,13,17-21,23,40H2,2-3H3. The van der Waals surface area contributed by atoms with Gasteiger partial charge in [-0.1, -0.05) is 30.8 Å². The number of fused-ring (bicyclic) bond motifs is 1. The molecule has 0 aliphatic carbocycles. The van der Waals surface area contributed by atoms with Gasteiger partial charge in [0.1, 0.15) is 5.75 Å². The lowest BCUT2D eigenvalue weighted by atomic mass is 9.94. The smallest absolute Gasteiger partial charge is 0.219 e. The van der Waals surface area contributed by atoms with Crippen molar-refractivity contribution >= 4 is 25.8 Å². The molecular formula is C33H41N4O2P. The number of ether oxygens (including phenoxy) is 2. The molecule has 1 fully saturated rings. The molecule has 0 saturated carbocycles. The lowest BCUT2D eigenvalue weighted by molar-refractivity contribution is 0.0640. The van der Waals surface area contributed by atoms with Gasteiger partial charge in [-0.15, -0.1) is 9.24 Å². The van der Waals surface area contributed by atoms with Crippen molar-refractivity contribution in [1.82, 2.24) is 20.2 Å². The van der Waals surface area contributed by atoms with Crippen LogP contribution in [0.5, 0.6) is 11.6 Å². The van der Waals surface area contributed by atoms with Crippen LogP contribution in [-0.2, 0) is 17.6 Å². The molecule has 2 aromatic carbocycles. The van der Waals surface area contributed by atoms with Crippen LogP contribution < -0.4 is 10.1 Å². The molecule has 2 unspecified atom stereocenters. The highest BCUT2D eigenvalue weighted by molar-refractivity contribution is 7.17. The van der Waals surface area contributed by atoms with Gasteiger partial charge in [-0.25, -0.2) is 4.98 Å². The number of hydrogen-bond acceptors (Lipinski definition) is 5. The third-order valence-electron chi connectivity index (χ3n) is 7.57. The second-order valence-electron chi connectivity index (χ2n) is 11.3. The number of benzene rings is 2. The normalized spacial score (nSPS) is 14.8. The zero-order chi connectivity index (χ0) is 28.0. The number of aromatic amines is 1. The van der Waals surface area contributed by atoms with Crippen LogP contribution in [0.4, 0.5) is 0 Å². The van der Waals surface area contributed by atoms with Gasteiger partial charge < -0.3 is 24.7 Å². The van der Waals surface area contributed by atoms with E-state index in [1.807, 2.05) is 36.7 Å². The Morgan fingerprint density at radius 2 is 1.93 bits per heavy atom. The fourth-order valence-electron chi connectivity index (χ4n) is 5.21. The van der Waals surface area contributed by atoms with Crippen molar-refractivity contribution in [2.45, 2.75) is 44.3 Å². The predicted molar refractivity (Wildman–Crippen MR) is 168 cm³/mol. The van der Waals surface area contributed by atoms with Crippen molar-refractivity contribution in [3.8, 4) is 11.6 Å². The molecule has 3 heterocycles. The first-order chi connectivity index (χ1) is 19.4. The number of aromatic nitrogens is 2. The number of nitrogens with one attached hydrogen (secondary N) is 2. The Morgan fingerprint density at radius 3 is 2.67 bits per heavy atom. The van der Waals surface area contributed by atoms with E-state index in [2.05, 4.69) is 86.2 Å². The highest BCUT2D eigenvalue weighted by atomic mass is 31.0. The van der Waals surface area contributed by atoms with E-state index in [-0.39, 0.29) is 5.54 Å². The first-order valence-corrected chi connectivity index (χ1v) is 14.8. The number of morpholine rings is 1. The number of H-pyrrole nitrogens is 1. The number of pyridine rings is 1. The highest BCUT2D eigenvalue weighted by Gasteiger charge is 2.19. The molecule has 5 rings (SSSR count). The van der Waals surface area contributed by atoms with Gasteiger partial charge in [-0.2, -0.15) is 0 Å². The summed E-state index contributed by atoms with van der Waals surface area (Å²) < 4.78 is 11.4. The Balaban J connectivity index is 1.08. The summed E-state index contributed by atoms with van der Waals surface area (Å²) in [7, 11) is 3.03. The Labute approximate surface area is 240 Å². The summed E-state index contributed by atoms with van der Waals surface area (Å²) in [6.45, 7) is 12.9. The van der Waals surface area contributed by atoms with Gasteiger partial charge in [-0.05, 0) is 80.2 Å². The van der Waals surface area contributed by atoms with Gasteiger partial charge in [0.25, 0.3) is 0 Å². The quantitative estimate of drug-likeness (QED) is 0.197.